The number of carbonyl (C=O) groups is 3. The maximum Gasteiger partial charge on any atom is 0.202 e. The lowest BCUT2D eigenvalue weighted by molar-refractivity contribution is -0.159. The molecule has 0 aliphatic heterocycles. The van der Waals surface area contributed by atoms with Gasteiger partial charge in [0.25, 0.3) is 0 Å². The van der Waals surface area contributed by atoms with Crippen molar-refractivity contribution in [1.29, 1.82) is 0 Å². The highest BCUT2D eigenvalue weighted by Crippen LogP contribution is 2.57. The van der Waals surface area contributed by atoms with Crippen molar-refractivity contribution in [1.82, 2.24) is 4.90 Å². The summed E-state index contributed by atoms with van der Waals surface area (Å²) in [4.78, 5) is 40.4. The van der Waals surface area contributed by atoms with Crippen LogP contribution in [0.3, 0.4) is 0 Å². The van der Waals surface area contributed by atoms with Gasteiger partial charge in [-0.3, -0.25) is 19.3 Å². The molecule has 3 aliphatic rings. The van der Waals surface area contributed by atoms with Gasteiger partial charge in [0.05, 0.1) is 17.2 Å². The Morgan fingerprint density at radius 1 is 1.12 bits per heavy atom. The standard InChI is InChI=1S/C23H25NO8/c1-9(25)14-19(28)17(24(3)4)12-8-11-16(21(30)23(12,32)20(14)29)18(27)15-10(22(11,2)31)6-5-7-13(15)26/h5-7,11-12,17,26-27,29,31-32H,8H2,1-4H3/t11-,12-,17?,22+,23+/m0/s1. The van der Waals surface area contributed by atoms with E-state index in [-0.39, 0.29) is 28.9 Å². The van der Waals surface area contributed by atoms with Crippen LogP contribution in [0.15, 0.2) is 35.1 Å². The second kappa shape index (κ2) is 6.74. The summed E-state index contributed by atoms with van der Waals surface area (Å²) in [5, 5.41) is 55.1. The molecule has 1 aromatic carbocycles. The molecule has 3 aliphatic carbocycles. The van der Waals surface area contributed by atoms with Crippen molar-refractivity contribution in [2.75, 3.05) is 14.1 Å². The number of hydrogen-bond donors (Lipinski definition) is 5. The number of aliphatic hydroxyl groups excluding tert-OH is 2. The van der Waals surface area contributed by atoms with E-state index in [0.717, 1.165) is 6.92 Å². The third kappa shape index (κ3) is 2.52. The van der Waals surface area contributed by atoms with Crippen LogP contribution in [-0.4, -0.2) is 73.5 Å². The molecule has 0 spiro atoms. The SMILES string of the molecule is CC(=O)C1=C(O)[C@@]2(O)C(=O)C3=C(O)c4c(O)cccc4[C@@](C)(O)[C@H]3C[C@H]2C(N(C)C)C1=O. The Bertz CT molecular complexity index is 1140. The lowest BCUT2D eigenvalue weighted by Gasteiger charge is -2.53. The summed E-state index contributed by atoms with van der Waals surface area (Å²) in [5.41, 5.74) is -5.40. The maximum absolute atomic E-state index is 13.7. The minimum absolute atomic E-state index is 0.148. The minimum atomic E-state index is -2.67. The molecule has 5 N–H and O–H groups in total. The van der Waals surface area contributed by atoms with Crippen LogP contribution in [0.4, 0.5) is 0 Å². The molecule has 0 amide bonds. The molecule has 1 unspecified atom stereocenters. The van der Waals surface area contributed by atoms with Crippen molar-refractivity contribution >= 4 is 23.1 Å². The van der Waals surface area contributed by atoms with E-state index in [2.05, 4.69) is 0 Å². The van der Waals surface area contributed by atoms with Crippen molar-refractivity contribution < 1.29 is 39.9 Å². The number of phenols is 1. The van der Waals surface area contributed by atoms with E-state index in [1.54, 1.807) is 14.1 Å². The number of likely N-dealkylation sites (N-methyl/N-ethyl adjacent to an activating group) is 1. The van der Waals surface area contributed by atoms with Gasteiger partial charge in [0, 0.05) is 17.4 Å². The summed E-state index contributed by atoms with van der Waals surface area (Å²) in [5.74, 6) is -6.95. The fraction of sp³-hybridized carbons (Fsp3) is 0.435. The molecule has 9 nitrogen and oxygen atoms in total. The van der Waals surface area contributed by atoms with Gasteiger partial charge in [0.2, 0.25) is 5.78 Å². The number of phenolic OH excluding ortho intramolecular Hbond substituents is 1. The van der Waals surface area contributed by atoms with E-state index >= 15 is 0 Å². The van der Waals surface area contributed by atoms with Crippen LogP contribution in [0.25, 0.3) is 5.76 Å². The first kappa shape index (κ1) is 22.2. The lowest BCUT2D eigenvalue weighted by atomic mass is 9.54. The molecule has 9 heteroatoms. The molecule has 170 valence electrons. The van der Waals surface area contributed by atoms with Crippen LogP contribution in [0.5, 0.6) is 5.75 Å². The van der Waals surface area contributed by atoms with Gasteiger partial charge in [0.1, 0.15) is 22.8 Å². The Kier molecular flexibility index (Phi) is 4.68. The molecular weight excluding hydrogens is 418 g/mol. The van der Waals surface area contributed by atoms with Crippen molar-refractivity contribution in [3.63, 3.8) is 0 Å². The second-order valence-electron chi connectivity index (χ2n) is 9.15. The number of rotatable bonds is 2. The first-order valence-electron chi connectivity index (χ1n) is 10.2. The van der Waals surface area contributed by atoms with Crippen LogP contribution in [0, 0.1) is 11.8 Å². The van der Waals surface area contributed by atoms with Gasteiger partial charge in [-0.05, 0) is 46.0 Å². The molecule has 32 heavy (non-hydrogen) atoms. The Morgan fingerprint density at radius 2 is 1.75 bits per heavy atom. The largest absolute Gasteiger partial charge is 0.508 e. The number of ketones is 3. The van der Waals surface area contributed by atoms with Gasteiger partial charge in [-0.25, -0.2) is 0 Å². The highest BCUT2D eigenvalue weighted by atomic mass is 16.3. The van der Waals surface area contributed by atoms with Gasteiger partial charge < -0.3 is 25.5 Å². The Labute approximate surface area is 183 Å². The van der Waals surface area contributed by atoms with Crippen molar-refractivity contribution in [2.45, 2.75) is 37.5 Å². The smallest absolute Gasteiger partial charge is 0.202 e. The van der Waals surface area contributed by atoms with E-state index in [1.807, 2.05) is 0 Å². The molecular formula is C23H25NO8. The fourth-order valence-electron chi connectivity index (χ4n) is 5.60. The van der Waals surface area contributed by atoms with E-state index in [0.29, 0.717) is 0 Å². The van der Waals surface area contributed by atoms with Crippen LogP contribution in [0.2, 0.25) is 0 Å². The summed E-state index contributed by atoms with van der Waals surface area (Å²) in [6, 6.07) is 3.14. The van der Waals surface area contributed by atoms with Crippen LogP contribution in [-0.2, 0) is 20.0 Å². The maximum atomic E-state index is 13.7. The van der Waals surface area contributed by atoms with Crippen LogP contribution in [0.1, 0.15) is 31.4 Å². The Balaban J connectivity index is 2.05. The summed E-state index contributed by atoms with van der Waals surface area (Å²) in [6.45, 7) is 2.47. The third-order valence-corrected chi connectivity index (χ3v) is 7.13. The number of nitrogens with zero attached hydrogens (tertiary/aromatic N) is 1. The highest BCUT2D eigenvalue weighted by molar-refractivity contribution is 6.25. The number of benzene rings is 1. The average Bonchev–Trinajstić information content (AvgIpc) is 2.68. The highest BCUT2D eigenvalue weighted by Gasteiger charge is 2.66. The van der Waals surface area contributed by atoms with Crippen molar-refractivity contribution in [3.05, 3.63) is 46.2 Å². The number of aliphatic hydroxyl groups is 4. The predicted octanol–water partition coefficient (Wildman–Crippen LogP) is 0.733. The molecule has 1 fully saturated rings. The number of fused-ring (bicyclic) bond motifs is 3. The summed E-state index contributed by atoms with van der Waals surface area (Å²) < 4.78 is 0. The van der Waals surface area contributed by atoms with Gasteiger partial charge in [-0.1, -0.05) is 12.1 Å². The van der Waals surface area contributed by atoms with Crippen molar-refractivity contribution in [2.24, 2.45) is 11.8 Å². The molecule has 0 aromatic heterocycles. The molecule has 1 aromatic rings. The molecule has 0 heterocycles. The monoisotopic (exact) mass is 443 g/mol. The molecule has 0 saturated heterocycles. The first-order chi connectivity index (χ1) is 14.8. The van der Waals surface area contributed by atoms with Gasteiger partial charge in [-0.2, -0.15) is 0 Å². The van der Waals surface area contributed by atoms with Gasteiger partial charge >= 0.3 is 0 Å². The predicted molar refractivity (Wildman–Crippen MR) is 112 cm³/mol. The average molecular weight is 443 g/mol. The third-order valence-electron chi connectivity index (χ3n) is 7.13. The van der Waals surface area contributed by atoms with Gasteiger partial charge in [0.15, 0.2) is 17.2 Å². The van der Waals surface area contributed by atoms with E-state index in [4.69, 9.17) is 0 Å². The zero-order chi connectivity index (χ0) is 23.9. The van der Waals surface area contributed by atoms with Crippen LogP contribution >= 0.6 is 0 Å². The quantitative estimate of drug-likeness (QED) is 0.416. The minimum Gasteiger partial charge on any atom is -0.508 e. The number of carbonyl (C=O) groups excluding carboxylic acids is 3. The zero-order valence-corrected chi connectivity index (χ0v) is 18.1. The number of aromatic hydroxyl groups is 1. The first-order valence-corrected chi connectivity index (χ1v) is 10.2. The van der Waals surface area contributed by atoms with Crippen LogP contribution < -0.4 is 0 Å². The van der Waals surface area contributed by atoms with E-state index in [1.165, 1.54) is 30.0 Å². The Hall–Kier alpha value is -3.01. The van der Waals surface area contributed by atoms with Gasteiger partial charge in [-0.15, -0.1) is 0 Å². The van der Waals surface area contributed by atoms with E-state index in [9.17, 15) is 39.9 Å². The van der Waals surface area contributed by atoms with E-state index < -0.39 is 63.5 Å². The summed E-state index contributed by atoms with van der Waals surface area (Å²) in [7, 11) is 3.09. The summed E-state index contributed by atoms with van der Waals surface area (Å²) >= 11 is 0. The fourth-order valence-corrected chi connectivity index (χ4v) is 5.60. The second-order valence-corrected chi connectivity index (χ2v) is 9.15. The topological polar surface area (TPSA) is 156 Å². The molecule has 0 radical (unpaired) electrons. The number of Topliss-reactive ketones (excluding diaryl/α,β-unsaturated/α-hetero) is 3. The Morgan fingerprint density at radius 3 is 2.31 bits per heavy atom. The molecule has 1 saturated carbocycles. The lowest BCUT2D eigenvalue weighted by Crippen LogP contribution is -2.66. The summed E-state index contributed by atoms with van der Waals surface area (Å²) in [6.07, 6.45) is -0.159. The number of hydrogen-bond acceptors (Lipinski definition) is 9. The van der Waals surface area contributed by atoms with Crippen molar-refractivity contribution in [3.8, 4) is 5.75 Å². The molecule has 4 rings (SSSR count). The molecule has 5 atom stereocenters. The normalized spacial score (nSPS) is 34.4. The zero-order valence-electron chi connectivity index (χ0n) is 18.1. The molecule has 0 bridgehead atoms.